The van der Waals surface area contributed by atoms with Crippen molar-refractivity contribution < 1.29 is 14.5 Å². The topological polar surface area (TPSA) is 59.6 Å². The van der Waals surface area contributed by atoms with Crippen molar-refractivity contribution in [2.75, 3.05) is 37.6 Å². The molecule has 0 spiro atoms. The van der Waals surface area contributed by atoms with Crippen molar-refractivity contribution in [1.29, 1.82) is 0 Å². The first kappa shape index (κ1) is 20.5. The van der Waals surface area contributed by atoms with Crippen LogP contribution in [0.2, 0.25) is 0 Å². The van der Waals surface area contributed by atoms with Crippen molar-refractivity contribution in [1.82, 2.24) is 9.55 Å². The molecule has 0 saturated carbocycles. The molecule has 3 aromatic rings. The van der Waals surface area contributed by atoms with Crippen molar-refractivity contribution in [3.63, 3.8) is 0 Å². The van der Waals surface area contributed by atoms with E-state index in [0.29, 0.717) is 6.54 Å². The van der Waals surface area contributed by atoms with E-state index < -0.39 is 0 Å². The van der Waals surface area contributed by atoms with Crippen LogP contribution in [0.1, 0.15) is 39.0 Å². The number of quaternary nitrogens is 1. The van der Waals surface area contributed by atoms with Crippen LogP contribution in [0.15, 0.2) is 41.9 Å². The van der Waals surface area contributed by atoms with Crippen LogP contribution in [0.4, 0.5) is 5.69 Å². The van der Waals surface area contributed by atoms with E-state index in [1.807, 2.05) is 49.6 Å². The van der Waals surface area contributed by atoms with E-state index in [1.165, 1.54) is 4.90 Å². The van der Waals surface area contributed by atoms with Gasteiger partial charge in [0.05, 0.1) is 26.2 Å². The first-order chi connectivity index (χ1) is 14.4. The third-order valence-electron chi connectivity index (χ3n) is 5.86. The summed E-state index contributed by atoms with van der Waals surface area (Å²) < 4.78 is 2.07. The van der Waals surface area contributed by atoms with Crippen LogP contribution < -0.4 is 9.80 Å². The number of carbonyl (C=O) groups excluding carboxylic acids is 2. The zero-order valence-corrected chi connectivity index (χ0v) is 18.5. The quantitative estimate of drug-likeness (QED) is 0.619. The summed E-state index contributed by atoms with van der Waals surface area (Å²) in [7, 11) is 0. The Balaban J connectivity index is 1.38. The molecule has 1 aromatic carbocycles. The van der Waals surface area contributed by atoms with Gasteiger partial charge in [0.1, 0.15) is 6.54 Å². The van der Waals surface area contributed by atoms with Crippen LogP contribution >= 0.6 is 11.3 Å². The highest BCUT2D eigenvalue weighted by atomic mass is 32.1. The summed E-state index contributed by atoms with van der Waals surface area (Å²) >= 11 is 1.58. The molecule has 1 N–H and O–H groups in total. The molecule has 0 unspecified atom stereocenters. The molecule has 0 bridgehead atoms. The summed E-state index contributed by atoms with van der Waals surface area (Å²) in [5.41, 5.74) is 4.69. The number of piperazine rings is 1. The van der Waals surface area contributed by atoms with Crippen LogP contribution in [0.5, 0.6) is 0 Å². The predicted molar refractivity (Wildman–Crippen MR) is 119 cm³/mol. The van der Waals surface area contributed by atoms with Gasteiger partial charge in [-0.1, -0.05) is 0 Å². The number of thiazole rings is 1. The maximum atomic E-state index is 13.0. The lowest BCUT2D eigenvalue weighted by atomic mass is 10.1. The number of aromatic nitrogens is 2. The van der Waals surface area contributed by atoms with Crippen LogP contribution in [0.3, 0.4) is 0 Å². The van der Waals surface area contributed by atoms with Gasteiger partial charge < -0.3 is 9.80 Å². The Morgan fingerprint density at radius 3 is 2.43 bits per heavy atom. The Morgan fingerprint density at radius 2 is 1.83 bits per heavy atom. The minimum absolute atomic E-state index is 0.0866. The van der Waals surface area contributed by atoms with E-state index in [9.17, 15) is 9.59 Å². The molecule has 1 aliphatic heterocycles. The maximum Gasteiger partial charge on any atom is 0.218 e. The summed E-state index contributed by atoms with van der Waals surface area (Å²) in [6.45, 7) is 9.77. The first-order valence-corrected chi connectivity index (χ1v) is 11.1. The van der Waals surface area contributed by atoms with Gasteiger partial charge in [-0.2, -0.15) is 0 Å². The van der Waals surface area contributed by atoms with Gasteiger partial charge in [-0.3, -0.25) is 14.2 Å². The molecule has 4 rings (SSSR count). The smallest absolute Gasteiger partial charge is 0.218 e. The minimum atomic E-state index is 0.0866. The molecule has 30 heavy (non-hydrogen) atoms. The molecule has 0 radical (unpaired) electrons. The van der Waals surface area contributed by atoms with Crippen molar-refractivity contribution >= 4 is 28.6 Å². The summed E-state index contributed by atoms with van der Waals surface area (Å²) in [5, 5.41) is 2.85. The molecule has 0 amide bonds. The highest BCUT2D eigenvalue weighted by Crippen LogP contribution is 2.22. The van der Waals surface area contributed by atoms with E-state index in [0.717, 1.165) is 59.5 Å². The zero-order chi connectivity index (χ0) is 21.3. The number of rotatable bonds is 6. The maximum absolute atomic E-state index is 13.0. The average molecular weight is 424 g/mol. The normalized spacial score (nSPS) is 14.8. The number of hydrogen-bond acceptors (Lipinski definition) is 5. The predicted octanol–water partition coefficient (Wildman–Crippen LogP) is 2.34. The number of carbonyl (C=O) groups is 2. The van der Waals surface area contributed by atoms with Gasteiger partial charge in [-0.15, -0.1) is 11.3 Å². The van der Waals surface area contributed by atoms with E-state index in [4.69, 9.17) is 0 Å². The van der Waals surface area contributed by atoms with Gasteiger partial charge >= 0.3 is 0 Å². The molecule has 1 saturated heterocycles. The van der Waals surface area contributed by atoms with E-state index in [-0.39, 0.29) is 11.6 Å². The van der Waals surface area contributed by atoms with Gasteiger partial charge in [0.15, 0.2) is 10.9 Å². The van der Waals surface area contributed by atoms with E-state index in [1.54, 1.807) is 24.5 Å². The van der Waals surface area contributed by atoms with Crippen molar-refractivity contribution in [2.24, 2.45) is 0 Å². The molecule has 1 fully saturated rings. The lowest BCUT2D eigenvalue weighted by Gasteiger charge is -2.33. The fourth-order valence-electron chi connectivity index (χ4n) is 4.15. The number of hydrogen-bond donors (Lipinski definition) is 1. The number of Topliss-reactive ketones (excluding diaryl/α,β-unsaturated/α-hetero) is 2. The lowest BCUT2D eigenvalue weighted by Crippen LogP contribution is -3.15. The number of nitrogens with zero attached hydrogens (tertiary/aromatic N) is 3. The number of aryl methyl sites for hydroxylation is 1. The molecule has 7 heteroatoms. The summed E-state index contributed by atoms with van der Waals surface area (Å²) in [6.07, 6.45) is 1.79. The van der Waals surface area contributed by atoms with Gasteiger partial charge in [0.2, 0.25) is 5.78 Å². The summed E-state index contributed by atoms with van der Waals surface area (Å²) in [6, 6.07) is 9.79. The monoisotopic (exact) mass is 423 g/mol. The zero-order valence-electron chi connectivity index (χ0n) is 17.6. The average Bonchev–Trinajstić information content (AvgIpc) is 3.36. The molecular weight excluding hydrogens is 396 g/mol. The number of ketones is 2. The fourth-order valence-corrected chi connectivity index (χ4v) is 4.90. The minimum Gasteiger partial charge on any atom is -0.360 e. The molecular formula is C23H27N4O2S+. The summed E-state index contributed by atoms with van der Waals surface area (Å²) in [5.74, 6) is 0.281. The number of nitrogens with one attached hydrogen (secondary N) is 1. The molecule has 2 aromatic heterocycles. The molecule has 156 valence electrons. The van der Waals surface area contributed by atoms with Crippen molar-refractivity contribution in [3.05, 3.63) is 64.4 Å². The van der Waals surface area contributed by atoms with Gasteiger partial charge in [0.25, 0.3) is 0 Å². The Bertz CT molecular complexity index is 1050. The van der Waals surface area contributed by atoms with Crippen LogP contribution in [0.25, 0.3) is 5.13 Å². The highest BCUT2D eigenvalue weighted by molar-refractivity contribution is 7.12. The SMILES string of the molecule is CC(=O)c1ccc(N2CC[NH+](CC(=O)c3cc(C)n(-c4nccs4)c3C)CC2)cc1. The summed E-state index contributed by atoms with van der Waals surface area (Å²) in [4.78, 5) is 32.5. The molecule has 0 aliphatic carbocycles. The Kier molecular flexibility index (Phi) is 5.83. The lowest BCUT2D eigenvalue weighted by molar-refractivity contribution is -0.892. The van der Waals surface area contributed by atoms with Crippen LogP contribution in [0, 0.1) is 13.8 Å². The number of anilines is 1. The van der Waals surface area contributed by atoms with Crippen molar-refractivity contribution in [3.8, 4) is 5.13 Å². The first-order valence-electron chi connectivity index (χ1n) is 10.3. The van der Waals surface area contributed by atoms with Gasteiger partial charge in [0, 0.05) is 39.8 Å². The molecule has 3 heterocycles. The standard InChI is InChI=1S/C23H26N4O2S/c1-16-14-21(17(2)27(16)23-24-8-13-30-23)22(29)15-25-9-11-26(12-10-25)20-6-4-19(5-7-20)18(3)28/h4-8,13-14H,9-12,15H2,1-3H3/p+1. The molecule has 6 nitrogen and oxygen atoms in total. The van der Waals surface area contributed by atoms with Gasteiger partial charge in [-0.25, -0.2) is 4.98 Å². The second-order valence-electron chi connectivity index (χ2n) is 7.87. The van der Waals surface area contributed by atoms with E-state index in [2.05, 4.69) is 14.5 Å². The van der Waals surface area contributed by atoms with Crippen LogP contribution in [-0.2, 0) is 0 Å². The van der Waals surface area contributed by atoms with Crippen LogP contribution in [-0.4, -0.2) is 53.8 Å². The molecule has 0 atom stereocenters. The second kappa shape index (κ2) is 8.53. The second-order valence-corrected chi connectivity index (χ2v) is 8.75. The highest BCUT2D eigenvalue weighted by Gasteiger charge is 2.25. The Hall–Kier alpha value is -2.77. The van der Waals surface area contributed by atoms with Gasteiger partial charge in [-0.05, 0) is 51.1 Å². The fraction of sp³-hybridized carbons (Fsp3) is 0.348. The third-order valence-corrected chi connectivity index (χ3v) is 6.62. The van der Waals surface area contributed by atoms with Crippen molar-refractivity contribution in [2.45, 2.75) is 20.8 Å². The van der Waals surface area contributed by atoms with E-state index >= 15 is 0 Å². The number of benzene rings is 1. The Morgan fingerprint density at radius 1 is 1.13 bits per heavy atom. The molecule has 1 aliphatic rings. The Labute approximate surface area is 180 Å². The largest absolute Gasteiger partial charge is 0.360 e. The third kappa shape index (κ3) is 4.08.